The van der Waals surface area contributed by atoms with Crippen molar-refractivity contribution in [3.8, 4) is 0 Å². The number of hydrogen-bond donors (Lipinski definition) is 2. The van der Waals surface area contributed by atoms with Gasteiger partial charge in [-0.25, -0.2) is 13.2 Å². The number of nitrogens with one attached hydrogen (secondary N) is 1. The van der Waals surface area contributed by atoms with Crippen LogP contribution in [-0.4, -0.2) is 38.6 Å². The second-order valence-corrected chi connectivity index (χ2v) is 6.11. The van der Waals surface area contributed by atoms with Crippen molar-refractivity contribution in [2.45, 2.75) is 31.4 Å². The van der Waals surface area contributed by atoms with Crippen LogP contribution in [0, 0.1) is 5.92 Å². The molecular formula is C12H17NO7S. The predicted octanol–water partition coefficient (Wildman–Crippen LogP) is 0.844. The van der Waals surface area contributed by atoms with Gasteiger partial charge >= 0.3 is 11.9 Å². The van der Waals surface area contributed by atoms with Crippen LogP contribution in [0.1, 0.15) is 30.6 Å². The van der Waals surface area contributed by atoms with Gasteiger partial charge < -0.3 is 14.3 Å². The fraction of sp³-hybridized carbons (Fsp3) is 0.500. The summed E-state index contributed by atoms with van der Waals surface area (Å²) >= 11 is 0. The van der Waals surface area contributed by atoms with Gasteiger partial charge in [-0.1, -0.05) is 20.3 Å². The number of ether oxygens (including phenoxy) is 1. The molecule has 0 aliphatic carbocycles. The zero-order chi connectivity index (χ0) is 16.2. The maximum Gasteiger partial charge on any atom is 0.341 e. The van der Waals surface area contributed by atoms with Gasteiger partial charge in [0, 0.05) is 6.07 Å². The molecule has 0 aromatic carbocycles. The maximum atomic E-state index is 12.1. The first-order valence-electron chi connectivity index (χ1n) is 6.15. The molecule has 2 atom stereocenters. The van der Waals surface area contributed by atoms with Crippen LogP contribution >= 0.6 is 0 Å². The number of hydrogen-bond acceptors (Lipinski definition) is 6. The van der Waals surface area contributed by atoms with Crippen LogP contribution < -0.4 is 4.72 Å². The summed E-state index contributed by atoms with van der Waals surface area (Å²) in [4.78, 5) is 22.4. The van der Waals surface area contributed by atoms with E-state index < -0.39 is 39.0 Å². The zero-order valence-electron chi connectivity index (χ0n) is 11.8. The molecule has 0 spiro atoms. The number of sulfonamides is 1. The van der Waals surface area contributed by atoms with E-state index in [1.807, 2.05) is 0 Å². The highest BCUT2D eigenvalue weighted by molar-refractivity contribution is 7.89. The Labute approximate surface area is 122 Å². The summed E-state index contributed by atoms with van der Waals surface area (Å²) in [5, 5.41) is 8.54. The van der Waals surface area contributed by atoms with Gasteiger partial charge in [-0.3, -0.25) is 4.79 Å². The van der Waals surface area contributed by atoms with E-state index in [1.54, 1.807) is 13.8 Å². The van der Waals surface area contributed by atoms with Gasteiger partial charge in [-0.2, -0.15) is 4.72 Å². The topological polar surface area (TPSA) is 123 Å². The van der Waals surface area contributed by atoms with E-state index in [9.17, 15) is 18.0 Å². The molecule has 0 amide bonds. The lowest BCUT2D eigenvalue weighted by Gasteiger charge is -2.19. The van der Waals surface area contributed by atoms with Crippen molar-refractivity contribution in [2.75, 3.05) is 7.11 Å². The number of aliphatic carboxylic acids is 1. The predicted molar refractivity (Wildman–Crippen MR) is 71.2 cm³/mol. The van der Waals surface area contributed by atoms with Crippen molar-refractivity contribution in [1.82, 2.24) is 4.72 Å². The molecule has 0 saturated heterocycles. The molecule has 9 heteroatoms. The quantitative estimate of drug-likeness (QED) is 0.714. The molecular weight excluding hydrogens is 302 g/mol. The first-order chi connectivity index (χ1) is 9.72. The van der Waals surface area contributed by atoms with Crippen molar-refractivity contribution in [2.24, 2.45) is 5.92 Å². The number of furan rings is 1. The van der Waals surface area contributed by atoms with Gasteiger partial charge in [0.05, 0.1) is 12.7 Å². The number of carboxylic acid groups (broad SMARTS) is 1. The van der Waals surface area contributed by atoms with Crippen LogP contribution in [0.15, 0.2) is 21.8 Å². The van der Waals surface area contributed by atoms with Crippen molar-refractivity contribution in [3.63, 3.8) is 0 Å². The standard InChI is InChI=1S/C12H17NO7S/c1-4-7(2)10(11(14)15)13-21(17,18)9-5-8(6-20-9)12(16)19-3/h5-7,10,13H,4H2,1-3H3,(H,14,15)/t7-,10-/m0/s1. The van der Waals surface area contributed by atoms with Crippen LogP contribution in [0.2, 0.25) is 0 Å². The molecule has 0 unspecified atom stereocenters. The Morgan fingerprint density at radius 2 is 2.10 bits per heavy atom. The zero-order valence-corrected chi connectivity index (χ0v) is 12.6. The molecule has 1 aromatic heterocycles. The Hall–Kier alpha value is -1.87. The second-order valence-electron chi connectivity index (χ2n) is 4.47. The minimum Gasteiger partial charge on any atom is -0.480 e. The summed E-state index contributed by atoms with van der Waals surface area (Å²) in [6, 6.07) is -0.310. The van der Waals surface area contributed by atoms with E-state index in [-0.39, 0.29) is 5.56 Å². The molecule has 2 N–H and O–H groups in total. The van der Waals surface area contributed by atoms with Gasteiger partial charge in [0.25, 0.3) is 10.0 Å². The number of esters is 1. The normalized spacial score (nSPS) is 14.4. The van der Waals surface area contributed by atoms with Crippen LogP contribution in [0.5, 0.6) is 0 Å². The average Bonchev–Trinajstić information content (AvgIpc) is 2.93. The largest absolute Gasteiger partial charge is 0.480 e. The second kappa shape index (κ2) is 6.72. The summed E-state index contributed by atoms with van der Waals surface area (Å²) in [6.07, 6.45) is 1.41. The van der Waals surface area contributed by atoms with Crippen molar-refractivity contribution in [3.05, 3.63) is 17.9 Å². The molecule has 8 nitrogen and oxygen atoms in total. The summed E-state index contributed by atoms with van der Waals surface area (Å²) in [5.74, 6) is -2.45. The monoisotopic (exact) mass is 319 g/mol. The summed E-state index contributed by atoms with van der Waals surface area (Å²) in [7, 11) is -3.04. The van der Waals surface area contributed by atoms with E-state index in [1.165, 1.54) is 0 Å². The number of rotatable bonds is 7. The van der Waals surface area contributed by atoms with Gasteiger partial charge in [-0.05, 0) is 5.92 Å². The first-order valence-corrected chi connectivity index (χ1v) is 7.63. The Balaban J connectivity index is 3.02. The summed E-state index contributed by atoms with van der Waals surface area (Å²) < 4.78 is 35.4. The molecule has 118 valence electrons. The highest BCUT2D eigenvalue weighted by Gasteiger charge is 2.31. The molecule has 1 rings (SSSR count). The Bertz CT molecular complexity index is 619. The Kier molecular flexibility index (Phi) is 5.50. The summed E-state index contributed by atoms with van der Waals surface area (Å²) in [6.45, 7) is 3.36. The van der Waals surface area contributed by atoms with Gasteiger partial charge in [0.1, 0.15) is 12.3 Å². The molecule has 1 aromatic rings. The van der Waals surface area contributed by atoms with E-state index in [4.69, 9.17) is 9.52 Å². The van der Waals surface area contributed by atoms with E-state index >= 15 is 0 Å². The minimum absolute atomic E-state index is 0.0757. The molecule has 21 heavy (non-hydrogen) atoms. The molecule has 0 saturated carbocycles. The lowest BCUT2D eigenvalue weighted by Crippen LogP contribution is -2.44. The van der Waals surface area contributed by atoms with Crippen LogP contribution in [0.3, 0.4) is 0 Å². The molecule has 0 aliphatic rings. The minimum atomic E-state index is -4.19. The van der Waals surface area contributed by atoms with Crippen LogP contribution in [-0.2, 0) is 19.6 Å². The number of methoxy groups -OCH3 is 1. The van der Waals surface area contributed by atoms with E-state index in [0.717, 1.165) is 19.4 Å². The van der Waals surface area contributed by atoms with Crippen LogP contribution in [0.25, 0.3) is 0 Å². The van der Waals surface area contributed by atoms with Gasteiger partial charge in [0.2, 0.25) is 5.09 Å². The molecule has 1 heterocycles. The lowest BCUT2D eigenvalue weighted by molar-refractivity contribution is -0.140. The Morgan fingerprint density at radius 1 is 1.48 bits per heavy atom. The number of carbonyl (C=O) groups excluding carboxylic acids is 1. The number of carbonyl (C=O) groups is 2. The molecule has 0 radical (unpaired) electrons. The lowest BCUT2D eigenvalue weighted by atomic mass is 10.0. The maximum absolute atomic E-state index is 12.1. The smallest absolute Gasteiger partial charge is 0.341 e. The van der Waals surface area contributed by atoms with Crippen molar-refractivity contribution in [1.29, 1.82) is 0 Å². The highest BCUT2D eigenvalue weighted by Crippen LogP contribution is 2.17. The fourth-order valence-electron chi connectivity index (χ4n) is 1.55. The highest BCUT2D eigenvalue weighted by atomic mass is 32.2. The van der Waals surface area contributed by atoms with Gasteiger partial charge in [-0.15, -0.1) is 0 Å². The third kappa shape index (κ3) is 4.05. The van der Waals surface area contributed by atoms with E-state index in [0.29, 0.717) is 6.42 Å². The first kappa shape index (κ1) is 17.2. The Morgan fingerprint density at radius 3 is 2.57 bits per heavy atom. The van der Waals surface area contributed by atoms with Crippen molar-refractivity contribution >= 4 is 22.0 Å². The number of carboxylic acids is 1. The molecule has 0 aliphatic heterocycles. The third-order valence-corrected chi connectivity index (χ3v) is 4.33. The SMILES string of the molecule is CC[C@H](C)[C@H](NS(=O)(=O)c1cc(C(=O)OC)co1)C(=O)O. The van der Waals surface area contributed by atoms with Crippen LogP contribution in [0.4, 0.5) is 0 Å². The third-order valence-electron chi connectivity index (χ3n) is 3.02. The van der Waals surface area contributed by atoms with Crippen molar-refractivity contribution < 1.29 is 32.3 Å². The molecule has 0 fully saturated rings. The molecule has 0 bridgehead atoms. The summed E-state index contributed by atoms with van der Waals surface area (Å²) in [5.41, 5.74) is -0.0757. The van der Waals surface area contributed by atoms with Gasteiger partial charge in [0.15, 0.2) is 0 Å². The fourth-order valence-corrected chi connectivity index (χ4v) is 2.79. The average molecular weight is 319 g/mol. The van der Waals surface area contributed by atoms with E-state index in [2.05, 4.69) is 9.46 Å².